The van der Waals surface area contributed by atoms with Crippen molar-refractivity contribution in [3.05, 3.63) is 11.6 Å². The number of aliphatic hydroxyl groups is 3. The largest absolute Gasteiger partial charge is 0.396 e. The minimum absolute atomic E-state index is 0.0657. The van der Waals surface area contributed by atoms with Crippen LogP contribution in [0.25, 0.3) is 0 Å². The van der Waals surface area contributed by atoms with E-state index in [9.17, 15) is 15.3 Å². The van der Waals surface area contributed by atoms with E-state index in [1.165, 1.54) is 12.5 Å². The highest BCUT2D eigenvalue weighted by atomic mass is 16.3. The average Bonchev–Trinajstić information content (AvgIpc) is 2.40. The van der Waals surface area contributed by atoms with Gasteiger partial charge >= 0.3 is 0 Å². The summed E-state index contributed by atoms with van der Waals surface area (Å²) in [5.41, 5.74) is -0.349. The molecule has 0 bridgehead atoms. The number of hydrogen-bond acceptors (Lipinski definition) is 3. The van der Waals surface area contributed by atoms with E-state index in [1.54, 1.807) is 0 Å². The minimum Gasteiger partial charge on any atom is -0.396 e. The Morgan fingerprint density at radius 1 is 1.50 bits per heavy atom. The van der Waals surface area contributed by atoms with Gasteiger partial charge in [-0.3, -0.25) is 0 Å². The van der Waals surface area contributed by atoms with Crippen LogP contribution in [0.2, 0.25) is 0 Å². The lowest BCUT2D eigenvalue weighted by Crippen LogP contribution is -2.42. The Balaban J connectivity index is 2.93. The summed E-state index contributed by atoms with van der Waals surface area (Å²) in [7, 11) is 0. The van der Waals surface area contributed by atoms with Crippen LogP contribution in [0.15, 0.2) is 11.6 Å². The Bertz CT molecular complexity index is 390. The molecular formula is C17H28O3. The molecule has 1 rings (SSSR count). The van der Waals surface area contributed by atoms with Gasteiger partial charge < -0.3 is 15.3 Å². The first-order chi connectivity index (χ1) is 9.24. The van der Waals surface area contributed by atoms with Crippen molar-refractivity contribution in [1.29, 1.82) is 0 Å². The van der Waals surface area contributed by atoms with Crippen molar-refractivity contribution in [2.24, 2.45) is 23.7 Å². The lowest BCUT2D eigenvalue weighted by Gasteiger charge is -2.40. The molecule has 0 spiro atoms. The van der Waals surface area contributed by atoms with Gasteiger partial charge in [0.15, 0.2) is 0 Å². The third-order valence-corrected chi connectivity index (χ3v) is 4.85. The second-order valence-electron chi connectivity index (χ2n) is 6.59. The molecule has 3 nitrogen and oxygen atoms in total. The van der Waals surface area contributed by atoms with Crippen molar-refractivity contribution in [2.45, 2.75) is 52.2 Å². The van der Waals surface area contributed by atoms with E-state index in [0.29, 0.717) is 18.3 Å². The fourth-order valence-electron chi connectivity index (χ4n) is 3.24. The van der Waals surface area contributed by atoms with E-state index in [4.69, 9.17) is 6.42 Å². The molecule has 0 saturated heterocycles. The first-order valence-corrected chi connectivity index (χ1v) is 7.40. The third kappa shape index (κ3) is 3.63. The Hall–Kier alpha value is -0.820. The SMILES string of the molecule is C#C[C@](C)(O)[C@@H](O)C[C@H]1C(C)=CC[C@H](C(C)C)[C@H]1CO. The second kappa shape index (κ2) is 6.76. The maximum Gasteiger partial charge on any atom is 0.148 e. The molecule has 0 fully saturated rings. The second-order valence-corrected chi connectivity index (χ2v) is 6.59. The molecule has 20 heavy (non-hydrogen) atoms. The molecule has 0 aromatic heterocycles. The van der Waals surface area contributed by atoms with Crippen LogP contribution in [0.5, 0.6) is 0 Å². The zero-order valence-corrected chi connectivity index (χ0v) is 13.0. The number of rotatable bonds is 5. The first-order valence-electron chi connectivity index (χ1n) is 7.40. The van der Waals surface area contributed by atoms with Crippen molar-refractivity contribution in [1.82, 2.24) is 0 Å². The molecule has 0 aromatic rings. The van der Waals surface area contributed by atoms with Crippen LogP contribution in [-0.2, 0) is 0 Å². The van der Waals surface area contributed by atoms with Crippen molar-refractivity contribution in [3.8, 4) is 12.3 Å². The Morgan fingerprint density at radius 3 is 2.55 bits per heavy atom. The van der Waals surface area contributed by atoms with E-state index in [1.807, 2.05) is 6.92 Å². The van der Waals surface area contributed by atoms with E-state index < -0.39 is 11.7 Å². The summed E-state index contributed by atoms with van der Waals surface area (Å²) in [4.78, 5) is 0. The van der Waals surface area contributed by atoms with Crippen LogP contribution in [0.3, 0.4) is 0 Å². The van der Waals surface area contributed by atoms with Crippen molar-refractivity contribution >= 4 is 0 Å². The van der Waals surface area contributed by atoms with Gasteiger partial charge in [-0.05, 0) is 50.4 Å². The topological polar surface area (TPSA) is 60.7 Å². The molecule has 0 saturated carbocycles. The molecule has 0 radical (unpaired) electrons. The summed E-state index contributed by atoms with van der Waals surface area (Å²) in [5, 5.41) is 29.9. The van der Waals surface area contributed by atoms with E-state index in [2.05, 4.69) is 25.8 Å². The Morgan fingerprint density at radius 2 is 2.10 bits per heavy atom. The number of terminal acetylenes is 1. The average molecular weight is 280 g/mol. The summed E-state index contributed by atoms with van der Waals surface area (Å²) < 4.78 is 0. The quantitative estimate of drug-likeness (QED) is 0.533. The van der Waals surface area contributed by atoms with Gasteiger partial charge in [0.2, 0.25) is 0 Å². The lowest BCUT2D eigenvalue weighted by atomic mass is 9.66. The smallest absolute Gasteiger partial charge is 0.148 e. The highest BCUT2D eigenvalue weighted by molar-refractivity contribution is 5.15. The van der Waals surface area contributed by atoms with Gasteiger partial charge in [0.25, 0.3) is 0 Å². The molecule has 1 aliphatic rings. The normalized spacial score (nSPS) is 31.4. The van der Waals surface area contributed by atoms with Crippen LogP contribution >= 0.6 is 0 Å². The number of allylic oxidation sites excluding steroid dienone is 2. The molecule has 3 heteroatoms. The molecule has 5 atom stereocenters. The van der Waals surface area contributed by atoms with Crippen LogP contribution < -0.4 is 0 Å². The first kappa shape index (κ1) is 17.2. The number of hydrogen-bond donors (Lipinski definition) is 3. The zero-order chi connectivity index (χ0) is 15.5. The fraction of sp³-hybridized carbons (Fsp3) is 0.765. The summed E-state index contributed by atoms with van der Waals surface area (Å²) in [6, 6.07) is 0. The van der Waals surface area contributed by atoms with Gasteiger partial charge in [-0.25, -0.2) is 0 Å². The molecule has 0 aliphatic heterocycles. The predicted molar refractivity (Wildman–Crippen MR) is 80.8 cm³/mol. The van der Waals surface area contributed by atoms with Gasteiger partial charge in [0.05, 0.1) is 6.10 Å². The van der Waals surface area contributed by atoms with Gasteiger partial charge in [-0.2, -0.15) is 0 Å². The van der Waals surface area contributed by atoms with E-state index in [0.717, 1.165) is 6.42 Å². The number of aliphatic hydroxyl groups excluding tert-OH is 2. The van der Waals surface area contributed by atoms with E-state index in [-0.39, 0.29) is 18.4 Å². The highest BCUT2D eigenvalue weighted by Crippen LogP contribution is 2.41. The molecule has 114 valence electrons. The predicted octanol–water partition coefficient (Wildman–Crippen LogP) is 1.97. The summed E-state index contributed by atoms with van der Waals surface area (Å²) in [5.74, 6) is 3.29. The zero-order valence-electron chi connectivity index (χ0n) is 13.0. The van der Waals surface area contributed by atoms with Gasteiger partial charge in [-0.15, -0.1) is 6.42 Å². The van der Waals surface area contributed by atoms with Gasteiger partial charge in [0.1, 0.15) is 5.60 Å². The maximum absolute atomic E-state index is 10.2. The van der Waals surface area contributed by atoms with E-state index >= 15 is 0 Å². The third-order valence-electron chi connectivity index (χ3n) is 4.85. The summed E-state index contributed by atoms with van der Waals surface area (Å²) >= 11 is 0. The van der Waals surface area contributed by atoms with Crippen molar-refractivity contribution < 1.29 is 15.3 Å². The molecular weight excluding hydrogens is 252 g/mol. The van der Waals surface area contributed by atoms with Crippen LogP contribution in [0.4, 0.5) is 0 Å². The fourth-order valence-corrected chi connectivity index (χ4v) is 3.24. The molecule has 3 N–H and O–H groups in total. The molecule has 0 unspecified atom stereocenters. The molecule has 0 heterocycles. The monoisotopic (exact) mass is 280 g/mol. The Kier molecular flexibility index (Phi) is 5.82. The van der Waals surface area contributed by atoms with Crippen molar-refractivity contribution in [3.63, 3.8) is 0 Å². The van der Waals surface area contributed by atoms with Crippen LogP contribution in [0.1, 0.15) is 40.5 Å². The lowest BCUT2D eigenvalue weighted by molar-refractivity contribution is -0.0397. The maximum atomic E-state index is 10.2. The molecule has 0 amide bonds. The molecule has 1 aliphatic carbocycles. The summed E-state index contributed by atoms with van der Waals surface area (Å²) in [6.07, 6.45) is 7.82. The Labute approximate surface area is 122 Å². The van der Waals surface area contributed by atoms with Gasteiger partial charge in [0, 0.05) is 6.61 Å². The van der Waals surface area contributed by atoms with Crippen LogP contribution in [0, 0.1) is 36.0 Å². The molecule has 0 aromatic carbocycles. The van der Waals surface area contributed by atoms with Crippen LogP contribution in [-0.4, -0.2) is 33.6 Å². The highest BCUT2D eigenvalue weighted by Gasteiger charge is 2.38. The minimum atomic E-state index is -1.52. The standard InChI is InChI=1S/C17H28O3/c1-6-17(5,20)16(19)9-14-12(4)7-8-13(11(2)3)15(14)10-18/h1,7,11,13-16,18-20H,8-10H2,2-5H3/t13-,14+,15-,16+,17+/m1/s1. The van der Waals surface area contributed by atoms with Gasteiger partial charge in [-0.1, -0.05) is 31.4 Å². The van der Waals surface area contributed by atoms with Crippen molar-refractivity contribution in [2.75, 3.05) is 6.61 Å². The summed E-state index contributed by atoms with van der Waals surface area (Å²) in [6.45, 7) is 7.90.